The number of hydrogen-bond acceptors (Lipinski definition) is 7. The number of rotatable bonds is 6. The number of carboxylic acid groups (broad SMARTS) is 1. The maximum absolute atomic E-state index is 15.7. The summed E-state index contributed by atoms with van der Waals surface area (Å²) in [5.41, 5.74) is 3.76. The smallest absolute Gasteiger partial charge is 0.341 e. The molecule has 1 aliphatic heterocycles. The number of carboxylic acids is 1. The van der Waals surface area contributed by atoms with Crippen molar-refractivity contribution in [2.45, 2.75) is 25.3 Å². The number of likely N-dealkylation sites (N-methyl/N-ethyl adjacent to an activating group) is 1. The van der Waals surface area contributed by atoms with E-state index in [1.54, 1.807) is 32.6 Å². The van der Waals surface area contributed by atoms with Crippen molar-refractivity contribution in [1.29, 1.82) is 0 Å². The molecule has 1 unspecified atom stereocenters. The highest BCUT2D eigenvalue weighted by Crippen LogP contribution is 2.51. The molecule has 6 rings (SSSR count). The van der Waals surface area contributed by atoms with Crippen molar-refractivity contribution in [3.05, 3.63) is 69.4 Å². The summed E-state index contributed by atoms with van der Waals surface area (Å²) in [7, 11) is 7.31. The monoisotopic (exact) mass is 560 g/mol. The fourth-order valence-corrected chi connectivity index (χ4v) is 6.35. The zero-order valence-electron chi connectivity index (χ0n) is 23.3. The molecule has 0 amide bonds. The second-order valence-corrected chi connectivity index (χ2v) is 11.0. The van der Waals surface area contributed by atoms with Crippen LogP contribution in [0.25, 0.3) is 33.3 Å². The molecule has 1 saturated heterocycles. The predicted octanol–water partition coefficient (Wildman–Crippen LogP) is 4.12. The highest BCUT2D eigenvalue weighted by Gasteiger charge is 2.37. The number of benzene rings is 1. The number of nitrogens with one attached hydrogen (secondary N) is 1. The molecule has 41 heavy (non-hydrogen) atoms. The number of fused-ring (bicyclic) bond motifs is 4. The second-order valence-electron chi connectivity index (χ2n) is 11.0. The van der Waals surface area contributed by atoms with E-state index in [1.807, 2.05) is 14.1 Å². The summed E-state index contributed by atoms with van der Waals surface area (Å²) in [5, 5.41) is 12.7. The number of nitrogens with zero attached hydrogens (tertiary/aromatic N) is 5. The normalized spacial score (nSPS) is 16.0. The summed E-state index contributed by atoms with van der Waals surface area (Å²) in [6.07, 6.45) is 6.76. The van der Waals surface area contributed by atoms with Crippen LogP contribution in [0.1, 0.15) is 34.5 Å². The topological polar surface area (TPSA) is 104 Å². The van der Waals surface area contributed by atoms with Gasteiger partial charge in [0.25, 0.3) is 0 Å². The lowest BCUT2D eigenvalue weighted by Crippen LogP contribution is -2.38. The van der Waals surface area contributed by atoms with Crippen LogP contribution in [0.5, 0.6) is 0 Å². The lowest BCUT2D eigenvalue weighted by Gasteiger charge is -2.32. The fraction of sp³-hybridized carbons (Fsp3) is 0.333. The molecule has 1 fully saturated rings. The first-order valence-corrected chi connectivity index (χ1v) is 13.5. The quantitative estimate of drug-likeness (QED) is 0.320. The van der Waals surface area contributed by atoms with Gasteiger partial charge >= 0.3 is 5.97 Å². The zero-order chi connectivity index (χ0) is 29.2. The van der Waals surface area contributed by atoms with Crippen LogP contribution in [0.4, 0.5) is 20.2 Å². The number of hydrogen-bond donors (Lipinski definition) is 2. The molecule has 0 bridgehead atoms. The summed E-state index contributed by atoms with van der Waals surface area (Å²) in [4.78, 5) is 38.5. The Kier molecular flexibility index (Phi) is 6.49. The van der Waals surface area contributed by atoms with Crippen LogP contribution in [-0.2, 0) is 13.5 Å². The SMILES string of the molecule is CNc1cc(F)c(F)c2c1Cc1ncc(-c3cnc4c(c3)c(=O)c(C(=O)O)cn4C)c(N3CCCC3CN(C)C)c1-2. The Morgan fingerprint density at radius 1 is 1.20 bits per heavy atom. The third-order valence-corrected chi connectivity index (χ3v) is 8.12. The van der Waals surface area contributed by atoms with Gasteiger partial charge in [0.2, 0.25) is 5.43 Å². The maximum Gasteiger partial charge on any atom is 0.341 e. The Bertz CT molecular complexity index is 1800. The molecule has 0 saturated carbocycles. The molecule has 11 heteroatoms. The van der Waals surface area contributed by atoms with Gasteiger partial charge < -0.3 is 24.8 Å². The number of aryl methyl sites for hydroxylation is 1. The molecular formula is C30H30F2N6O3. The third kappa shape index (κ3) is 4.22. The minimum Gasteiger partial charge on any atom is -0.477 e. The lowest BCUT2D eigenvalue weighted by atomic mass is 9.96. The van der Waals surface area contributed by atoms with E-state index >= 15 is 4.39 Å². The van der Waals surface area contributed by atoms with Gasteiger partial charge in [0.15, 0.2) is 11.6 Å². The van der Waals surface area contributed by atoms with Gasteiger partial charge in [-0.25, -0.2) is 18.6 Å². The van der Waals surface area contributed by atoms with Crippen molar-refractivity contribution in [2.24, 2.45) is 7.05 Å². The van der Waals surface area contributed by atoms with Gasteiger partial charge in [-0.2, -0.15) is 0 Å². The van der Waals surface area contributed by atoms with E-state index in [-0.39, 0.29) is 22.6 Å². The average molecular weight is 561 g/mol. The summed E-state index contributed by atoms with van der Waals surface area (Å²) < 4.78 is 32.1. The Hall–Kier alpha value is -4.38. The largest absolute Gasteiger partial charge is 0.477 e. The molecule has 0 radical (unpaired) electrons. The molecular weight excluding hydrogens is 530 g/mol. The van der Waals surface area contributed by atoms with Gasteiger partial charge in [0, 0.05) is 92.2 Å². The number of halogens is 2. The van der Waals surface area contributed by atoms with Crippen molar-refractivity contribution in [2.75, 3.05) is 44.4 Å². The average Bonchev–Trinajstić information content (AvgIpc) is 3.56. The standard InChI is InChI=1S/C30H30F2N6O3/c1-33-22-10-21(31)26(32)24-17(22)9-23-25(24)27(38-7-5-6-16(38)13-36(2)3)19(12-34-23)15-8-18-28(39)20(30(40)41)14-37(4)29(18)35-11-15/h8,10-12,14,16,33H,5-7,9,13H2,1-4H3,(H,40,41). The fourth-order valence-electron chi connectivity index (χ4n) is 6.35. The molecule has 1 aromatic carbocycles. The summed E-state index contributed by atoms with van der Waals surface area (Å²) in [6.45, 7) is 1.47. The number of pyridine rings is 3. The molecule has 4 aromatic rings. The Labute approximate surface area is 235 Å². The van der Waals surface area contributed by atoms with Crippen LogP contribution >= 0.6 is 0 Å². The van der Waals surface area contributed by atoms with Crippen molar-refractivity contribution in [1.82, 2.24) is 19.4 Å². The Morgan fingerprint density at radius 2 is 1.98 bits per heavy atom. The molecule has 3 aromatic heterocycles. The Balaban J connectivity index is 1.66. The number of anilines is 2. The first-order valence-electron chi connectivity index (χ1n) is 13.5. The highest BCUT2D eigenvalue weighted by atomic mass is 19.2. The first-order chi connectivity index (χ1) is 19.6. The maximum atomic E-state index is 15.7. The minimum atomic E-state index is -1.32. The van der Waals surface area contributed by atoms with E-state index in [0.29, 0.717) is 52.2 Å². The predicted molar refractivity (Wildman–Crippen MR) is 154 cm³/mol. The molecule has 1 aliphatic carbocycles. The zero-order valence-corrected chi connectivity index (χ0v) is 23.3. The first kappa shape index (κ1) is 26.8. The number of aromatic nitrogens is 3. The molecule has 0 spiro atoms. The molecule has 2 aliphatic rings. The van der Waals surface area contributed by atoms with Gasteiger partial charge in [-0.3, -0.25) is 9.78 Å². The van der Waals surface area contributed by atoms with Gasteiger partial charge in [0.1, 0.15) is 11.2 Å². The van der Waals surface area contributed by atoms with Crippen molar-refractivity contribution >= 4 is 28.4 Å². The number of aromatic carboxylic acids is 1. The molecule has 2 N–H and O–H groups in total. The van der Waals surface area contributed by atoms with Crippen LogP contribution in [0.3, 0.4) is 0 Å². The van der Waals surface area contributed by atoms with Gasteiger partial charge in [-0.1, -0.05) is 0 Å². The number of carbonyl (C=O) groups is 1. The molecule has 4 heterocycles. The van der Waals surface area contributed by atoms with E-state index in [4.69, 9.17) is 4.98 Å². The van der Waals surface area contributed by atoms with E-state index in [1.165, 1.54) is 16.8 Å². The van der Waals surface area contributed by atoms with E-state index in [9.17, 15) is 19.1 Å². The third-order valence-electron chi connectivity index (χ3n) is 8.12. The van der Waals surface area contributed by atoms with E-state index < -0.39 is 23.0 Å². The second kappa shape index (κ2) is 9.91. The summed E-state index contributed by atoms with van der Waals surface area (Å²) in [6, 6.07) is 2.91. The van der Waals surface area contributed by atoms with Crippen LogP contribution in [-0.4, -0.2) is 70.8 Å². The lowest BCUT2D eigenvalue weighted by molar-refractivity contribution is 0.0695. The Morgan fingerprint density at radius 3 is 2.68 bits per heavy atom. The van der Waals surface area contributed by atoms with Gasteiger partial charge in [-0.15, -0.1) is 0 Å². The van der Waals surface area contributed by atoms with Crippen molar-refractivity contribution in [3.63, 3.8) is 0 Å². The van der Waals surface area contributed by atoms with Crippen LogP contribution in [0.15, 0.2) is 35.5 Å². The minimum absolute atomic E-state index is 0.111. The molecule has 1 atom stereocenters. The van der Waals surface area contributed by atoms with E-state index in [2.05, 4.69) is 20.1 Å². The van der Waals surface area contributed by atoms with Crippen LogP contribution in [0, 0.1) is 11.6 Å². The molecule has 212 valence electrons. The van der Waals surface area contributed by atoms with Crippen LogP contribution in [0.2, 0.25) is 0 Å². The van der Waals surface area contributed by atoms with Gasteiger partial charge in [0.05, 0.1) is 16.8 Å². The van der Waals surface area contributed by atoms with E-state index in [0.717, 1.165) is 25.1 Å². The summed E-state index contributed by atoms with van der Waals surface area (Å²) >= 11 is 0. The van der Waals surface area contributed by atoms with Crippen molar-refractivity contribution in [3.8, 4) is 22.3 Å². The van der Waals surface area contributed by atoms with Crippen molar-refractivity contribution < 1.29 is 18.7 Å². The highest BCUT2D eigenvalue weighted by molar-refractivity contribution is 5.98. The molecule has 9 nitrogen and oxygen atoms in total. The van der Waals surface area contributed by atoms with Crippen LogP contribution < -0.4 is 15.6 Å². The summed E-state index contributed by atoms with van der Waals surface area (Å²) in [5.74, 6) is -3.19. The van der Waals surface area contributed by atoms with Gasteiger partial charge in [-0.05, 0) is 38.6 Å².